The standard InChI is InChI=1S/C8H2BrCl3N2/c9-4-2-13-7(11)6-3(4)1-5(10)14-8(6)12/h1-2H. The van der Waals surface area contributed by atoms with Crippen LogP contribution in [0.25, 0.3) is 10.8 Å². The van der Waals surface area contributed by atoms with Gasteiger partial charge in [-0.05, 0) is 22.0 Å². The fourth-order valence-electron chi connectivity index (χ4n) is 1.12. The molecule has 0 radical (unpaired) electrons. The summed E-state index contributed by atoms with van der Waals surface area (Å²) in [4.78, 5) is 7.84. The Hall–Kier alpha value is -0.0900. The molecule has 0 saturated heterocycles. The fourth-order valence-corrected chi connectivity index (χ4v) is 2.34. The van der Waals surface area contributed by atoms with Gasteiger partial charge in [0.25, 0.3) is 0 Å². The molecule has 2 nitrogen and oxygen atoms in total. The number of pyridine rings is 2. The van der Waals surface area contributed by atoms with Gasteiger partial charge in [-0.2, -0.15) is 0 Å². The van der Waals surface area contributed by atoms with Crippen molar-refractivity contribution in [3.05, 3.63) is 32.2 Å². The van der Waals surface area contributed by atoms with Crippen LogP contribution in [-0.4, -0.2) is 9.97 Å². The molecule has 2 rings (SSSR count). The number of rotatable bonds is 0. The largest absolute Gasteiger partial charge is 0.243 e. The molecule has 2 heterocycles. The molecular weight excluding hydrogens is 310 g/mol. The number of hydrogen-bond donors (Lipinski definition) is 0. The quantitative estimate of drug-likeness (QED) is 0.676. The highest BCUT2D eigenvalue weighted by molar-refractivity contribution is 9.10. The summed E-state index contributed by atoms with van der Waals surface area (Å²) >= 11 is 20.9. The molecule has 2 aromatic heterocycles. The van der Waals surface area contributed by atoms with Crippen LogP contribution in [0.15, 0.2) is 16.7 Å². The molecule has 0 aliphatic carbocycles. The smallest absolute Gasteiger partial charge is 0.141 e. The van der Waals surface area contributed by atoms with Crippen LogP contribution in [0.2, 0.25) is 15.5 Å². The Morgan fingerprint density at radius 2 is 1.86 bits per heavy atom. The van der Waals surface area contributed by atoms with Crippen molar-refractivity contribution in [1.82, 2.24) is 9.97 Å². The molecule has 0 amide bonds. The summed E-state index contributed by atoms with van der Waals surface area (Å²) in [5.41, 5.74) is 0. The van der Waals surface area contributed by atoms with Crippen LogP contribution in [0, 0.1) is 0 Å². The average Bonchev–Trinajstić information content (AvgIpc) is 2.10. The van der Waals surface area contributed by atoms with E-state index < -0.39 is 0 Å². The third kappa shape index (κ3) is 1.70. The van der Waals surface area contributed by atoms with Crippen molar-refractivity contribution in [1.29, 1.82) is 0 Å². The summed E-state index contributed by atoms with van der Waals surface area (Å²) in [7, 11) is 0. The van der Waals surface area contributed by atoms with Crippen LogP contribution in [0.3, 0.4) is 0 Å². The molecule has 72 valence electrons. The number of aromatic nitrogens is 2. The second kappa shape index (κ2) is 3.81. The Balaban J connectivity index is 3.00. The van der Waals surface area contributed by atoms with E-state index in [1.54, 1.807) is 12.3 Å². The summed E-state index contributed by atoms with van der Waals surface area (Å²) in [6.45, 7) is 0. The third-order valence-corrected chi connectivity index (χ3v) is 3.08. The maximum atomic E-state index is 5.90. The second-order valence-electron chi connectivity index (χ2n) is 2.56. The molecule has 0 unspecified atom stereocenters. The molecule has 0 aromatic carbocycles. The molecule has 6 heteroatoms. The van der Waals surface area contributed by atoms with Gasteiger partial charge in [0.1, 0.15) is 15.5 Å². The van der Waals surface area contributed by atoms with E-state index in [1.807, 2.05) is 0 Å². The number of fused-ring (bicyclic) bond motifs is 1. The second-order valence-corrected chi connectivity index (χ2v) is 4.51. The van der Waals surface area contributed by atoms with Gasteiger partial charge in [-0.25, -0.2) is 9.97 Å². The van der Waals surface area contributed by atoms with E-state index in [2.05, 4.69) is 25.9 Å². The van der Waals surface area contributed by atoms with Gasteiger partial charge in [0.05, 0.1) is 5.39 Å². The van der Waals surface area contributed by atoms with E-state index >= 15 is 0 Å². The summed E-state index contributed by atoms with van der Waals surface area (Å²) in [5, 5.41) is 2.30. The minimum absolute atomic E-state index is 0.256. The summed E-state index contributed by atoms with van der Waals surface area (Å²) in [6.07, 6.45) is 1.59. The molecule has 0 aliphatic heterocycles. The molecule has 2 aromatic rings. The zero-order chi connectivity index (χ0) is 10.3. The molecular formula is C8H2BrCl3N2. The minimum atomic E-state index is 0.256. The predicted octanol–water partition coefficient (Wildman–Crippen LogP) is 4.35. The van der Waals surface area contributed by atoms with Crippen molar-refractivity contribution < 1.29 is 0 Å². The van der Waals surface area contributed by atoms with E-state index in [0.29, 0.717) is 15.7 Å². The Kier molecular flexibility index (Phi) is 2.84. The number of hydrogen-bond acceptors (Lipinski definition) is 2. The van der Waals surface area contributed by atoms with Gasteiger partial charge in [0, 0.05) is 16.1 Å². The number of halogens is 4. The SMILES string of the molecule is Clc1cc2c(Br)cnc(Cl)c2c(Cl)n1. The van der Waals surface area contributed by atoms with E-state index in [-0.39, 0.29) is 5.15 Å². The van der Waals surface area contributed by atoms with Gasteiger partial charge in [0.15, 0.2) is 0 Å². The molecule has 0 atom stereocenters. The molecule has 14 heavy (non-hydrogen) atoms. The lowest BCUT2D eigenvalue weighted by Crippen LogP contribution is -1.86. The zero-order valence-electron chi connectivity index (χ0n) is 6.56. The van der Waals surface area contributed by atoms with E-state index in [9.17, 15) is 0 Å². The lowest BCUT2D eigenvalue weighted by atomic mass is 10.2. The number of nitrogens with zero attached hydrogens (tertiary/aromatic N) is 2. The maximum Gasteiger partial charge on any atom is 0.141 e. The monoisotopic (exact) mass is 310 g/mol. The molecule has 0 aliphatic rings. The first-order chi connectivity index (χ1) is 6.59. The summed E-state index contributed by atoms with van der Waals surface area (Å²) in [6, 6.07) is 1.68. The first-order valence-electron chi connectivity index (χ1n) is 3.55. The third-order valence-electron chi connectivity index (χ3n) is 1.70. The van der Waals surface area contributed by atoms with Gasteiger partial charge in [-0.3, -0.25) is 0 Å². The Morgan fingerprint density at radius 1 is 1.14 bits per heavy atom. The van der Waals surface area contributed by atoms with Crippen molar-refractivity contribution in [2.45, 2.75) is 0 Å². The van der Waals surface area contributed by atoms with Gasteiger partial charge in [-0.1, -0.05) is 34.8 Å². The maximum absolute atomic E-state index is 5.90. The van der Waals surface area contributed by atoms with Crippen LogP contribution in [0.5, 0.6) is 0 Å². The van der Waals surface area contributed by atoms with E-state index in [0.717, 1.165) is 9.86 Å². The topological polar surface area (TPSA) is 25.8 Å². The molecule has 0 bridgehead atoms. The highest BCUT2D eigenvalue weighted by atomic mass is 79.9. The first kappa shape index (κ1) is 10.4. The van der Waals surface area contributed by atoms with Crippen LogP contribution >= 0.6 is 50.7 Å². The van der Waals surface area contributed by atoms with Crippen LogP contribution in [0.1, 0.15) is 0 Å². The van der Waals surface area contributed by atoms with Crippen molar-refractivity contribution >= 4 is 61.5 Å². The van der Waals surface area contributed by atoms with Crippen molar-refractivity contribution in [3.63, 3.8) is 0 Å². The first-order valence-corrected chi connectivity index (χ1v) is 5.48. The zero-order valence-corrected chi connectivity index (χ0v) is 10.4. The molecule has 0 N–H and O–H groups in total. The lowest BCUT2D eigenvalue weighted by Gasteiger charge is -2.04. The lowest BCUT2D eigenvalue weighted by molar-refractivity contribution is 1.31. The fraction of sp³-hybridized carbons (Fsp3) is 0. The van der Waals surface area contributed by atoms with Crippen molar-refractivity contribution in [2.75, 3.05) is 0 Å². The highest BCUT2D eigenvalue weighted by Crippen LogP contribution is 2.33. The highest BCUT2D eigenvalue weighted by Gasteiger charge is 2.10. The van der Waals surface area contributed by atoms with Gasteiger partial charge in [-0.15, -0.1) is 0 Å². The normalized spacial score (nSPS) is 10.9. The predicted molar refractivity (Wildman–Crippen MR) is 62.3 cm³/mol. The summed E-state index contributed by atoms with van der Waals surface area (Å²) < 4.78 is 0.781. The Morgan fingerprint density at radius 3 is 2.57 bits per heavy atom. The van der Waals surface area contributed by atoms with Gasteiger partial charge in [0.2, 0.25) is 0 Å². The molecule has 0 saturated carbocycles. The van der Waals surface area contributed by atoms with E-state index in [4.69, 9.17) is 34.8 Å². The summed E-state index contributed by atoms with van der Waals surface area (Å²) in [5.74, 6) is 0. The van der Waals surface area contributed by atoms with Crippen molar-refractivity contribution in [3.8, 4) is 0 Å². The van der Waals surface area contributed by atoms with Crippen molar-refractivity contribution in [2.24, 2.45) is 0 Å². The van der Waals surface area contributed by atoms with Crippen LogP contribution in [0.4, 0.5) is 0 Å². The van der Waals surface area contributed by atoms with E-state index in [1.165, 1.54) is 0 Å². The van der Waals surface area contributed by atoms with Crippen LogP contribution < -0.4 is 0 Å². The Labute approximate surface area is 103 Å². The van der Waals surface area contributed by atoms with Crippen LogP contribution in [-0.2, 0) is 0 Å². The van der Waals surface area contributed by atoms with Gasteiger partial charge >= 0.3 is 0 Å². The molecule has 0 fully saturated rings. The molecule has 0 spiro atoms. The van der Waals surface area contributed by atoms with Gasteiger partial charge < -0.3 is 0 Å². The Bertz CT molecular complexity index is 515. The minimum Gasteiger partial charge on any atom is -0.243 e. The average molecular weight is 312 g/mol.